The first-order valence-electron chi connectivity index (χ1n) is 6.31. The third-order valence-electron chi connectivity index (χ3n) is 3.48. The van der Waals surface area contributed by atoms with E-state index in [0.717, 1.165) is 32.3 Å². The van der Waals surface area contributed by atoms with Gasteiger partial charge in [0.15, 0.2) is 0 Å². The highest BCUT2D eigenvalue weighted by atomic mass is 16.5. The van der Waals surface area contributed by atoms with Gasteiger partial charge in [-0.2, -0.15) is 0 Å². The van der Waals surface area contributed by atoms with Crippen molar-refractivity contribution in [2.75, 3.05) is 13.7 Å². The van der Waals surface area contributed by atoms with E-state index in [-0.39, 0.29) is 0 Å². The molecule has 1 saturated carbocycles. The van der Waals surface area contributed by atoms with Crippen LogP contribution in [-0.2, 0) is 9.53 Å². The first-order valence-corrected chi connectivity index (χ1v) is 6.31. The van der Waals surface area contributed by atoms with Crippen molar-refractivity contribution < 1.29 is 9.53 Å². The Morgan fingerprint density at radius 3 is 2.73 bits per heavy atom. The number of Topliss-reactive ketones (excluding diaryl/α,β-unsaturated/α-hetero) is 1. The largest absolute Gasteiger partial charge is 0.384 e. The number of methoxy groups -OCH3 is 1. The van der Waals surface area contributed by atoms with Crippen molar-refractivity contribution in [2.24, 2.45) is 11.8 Å². The van der Waals surface area contributed by atoms with Gasteiger partial charge in [0, 0.05) is 26.1 Å². The first-order chi connectivity index (χ1) is 7.29. The SMILES string of the molecule is CCCCC(=O)C1CCCCC1COC. The molecule has 0 heterocycles. The highest BCUT2D eigenvalue weighted by Gasteiger charge is 2.29. The summed E-state index contributed by atoms with van der Waals surface area (Å²) in [5.74, 6) is 1.27. The summed E-state index contributed by atoms with van der Waals surface area (Å²) in [6.07, 6.45) is 7.71. The molecule has 15 heavy (non-hydrogen) atoms. The van der Waals surface area contributed by atoms with E-state index < -0.39 is 0 Å². The van der Waals surface area contributed by atoms with Gasteiger partial charge in [-0.25, -0.2) is 0 Å². The number of hydrogen-bond acceptors (Lipinski definition) is 2. The van der Waals surface area contributed by atoms with E-state index in [0.29, 0.717) is 17.6 Å². The predicted molar refractivity (Wildman–Crippen MR) is 61.9 cm³/mol. The van der Waals surface area contributed by atoms with Gasteiger partial charge >= 0.3 is 0 Å². The van der Waals surface area contributed by atoms with Gasteiger partial charge in [-0.1, -0.05) is 26.2 Å². The molecule has 0 bridgehead atoms. The Hall–Kier alpha value is -0.370. The van der Waals surface area contributed by atoms with Crippen molar-refractivity contribution in [3.8, 4) is 0 Å². The molecule has 0 N–H and O–H groups in total. The van der Waals surface area contributed by atoms with Crippen LogP contribution in [0.2, 0.25) is 0 Å². The van der Waals surface area contributed by atoms with E-state index in [9.17, 15) is 4.79 Å². The Morgan fingerprint density at radius 1 is 1.33 bits per heavy atom. The van der Waals surface area contributed by atoms with Gasteiger partial charge in [0.05, 0.1) is 0 Å². The minimum atomic E-state index is 0.297. The second kappa shape index (κ2) is 7.00. The molecule has 2 atom stereocenters. The average Bonchev–Trinajstić information content (AvgIpc) is 2.27. The summed E-state index contributed by atoms with van der Waals surface area (Å²) in [5.41, 5.74) is 0. The van der Waals surface area contributed by atoms with Crippen LogP contribution in [-0.4, -0.2) is 19.5 Å². The molecule has 0 spiro atoms. The van der Waals surface area contributed by atoms with E-state index in [4.69, 9.17) is 4.74 Å². The van der Waals surface area contributed by atoms with Gasteiger partial charge in [0.2, 0.25) is 0 Å². The number of rotatable bonds is 6. The van der Waals surface area contributed by atoms with Crippen molar-refractivity contribution in [3.05, 3.63) is 0 Å². The van der Waals surface area contributed by atoms with E-state index in [1.165, 1.54) is 19.3 Å². The summed E-state index contributed by atoms with van der Waals surface area (Å²) in [6.45, 7) is 2.91. The fourth-order valence-electron chi connectivity index (χ4n) is 2.58. The van der Waals surface area contributed by atoms with Crippen LogP contribution in [0.25, 0.3) is 0 Å². The quantitative estimate of drug-likeness (QED) is 0.676. The first kappa shape index (κ1) is 12.7. The molecule has 0 amide bonds. The van der Waals surface area contributed by atoms with Crippen LogP contribution < -0.4 is 0 Å². The molecule has 1 rings (SSSR count). The summed E-state index contributed by atoms with van der Waals surface area (Å²) in [5, 5.41) is 0. The number of carbonyl (C=O) groups excluding carboxylic acids is 1. The van der Waals surface area contributed by atoms with Gasteiger partial charge < -0.3 is 4.74 Å². The Bertz CT molecular complexity index is 187. The Kier molecular flexibility index (Phi) is 5.92. The summed E-state index contributed by atoms with van der Waals surface area (Å²) in [7, 11) is 1.74. The maximum atomic E-state index is 12.0. The molecule has 0 aromatic carbocycles. The number of carbonyl (C=O) groups is 1. The van der Waals surface area contributed by atoms with Crippen LogP contribution in [0.1, 0.15) is 51.9 Å². The molecule has 2 unspecified atom stereocenters. The molecule has 0 aromatic heterocycles. The topological polar surface area (TPSA) is 26.3 Å². The molecular formula is C13H24O2. The average molecular weight is 212 g/mol. The molecule has 0 aliphatic heterocycles. The number of ketones is 1. The Morgan fingerprint density at radius 2 is 2.07 bits per heavy atom. The maximum absolute atomic E-state index is 12.0. The van der Waals surface area contributed by atoms with E-state index in [1.807, 2.05) is 0 Å². The lowest BCUT2D eigenvalue weighted by Gasteiger charge is -2.29. The smallest absolute Gasteiger partial charge is 0.136 e. The van der Waals surface area contributed by atoms with Crippen LogP contribution in [0.5, 0.6) is 0 Å². The van der Waals surface area contributed by atoms with Crippen LogP contribution in [0.15, 0.2) is 0 Å². The van der Waals surface area contributed by atoms with Crippen LogP contribution >= 0.6 is 0 Å². The monoisotopic (exact) mass is 212 g/mol. The van der Waals surface area contributed by atoms with E-state index in [2.05, 4.69) is 6.92 Å². The minimum absolute atomic E-state index is 0.297. The highest BCUT2D eigenvalue weighted by molar-refractivity contribution is 5.81. The molecule has 1 aliphatic rings. The lowest BCUT2D eigenvalue weighted by atomic mass is 9.76. The Labute approximate surface area is 93.4 Å². The standard InChI is InChI=1S/C13H24O2/c1-3-4-9-13(14)12-8-6-5-7-11(12)10-15-2/h11-12H,3-10H2,1-2H3. The maximum Gasteiger partial charge on any atom is 0.136 e. The summed E-state index contributed by atoms with van der Waals surface area (Å²) in [6, 6.07) is 0. The zero-order chi connectivity index (χ0) is 11.1. The molecule has 2 heteroatoms. The van der Waals surface area contributed by atoms with Crippen LogP contribution in [0.4, 0.5) is 0 Å². The van der Waals surface area contributed by atoms with Gasteiger partial charge in [-0.15, -0.1) is 0 Å². The zero-order valence-electron chi connectivity index (χ0n) is 10.1. The fraction of sp³-hybridized carbons (Fsp3) is 0.923. The molecule has 1 fully saturated rings. The summed E-state index contributed by atoms with van der Waals surface area (Å²) in [4.78, 5) is 12.0. The molecule has 2 nitrogen and oxygen atoms in total. The second-order valence-electron chi connectivity index (χ2n) is 4.68. The third kappa shape index (κ3) is 3.94. The van der Waals surface area contributed by atoms with Crippen molar-refractivity contribution in [1.29, 1.82) is 0 Å². The number of unbranched alkanes of at least 4 members (excludes halogenated alkanes) is 1. The predicted octanol–water partition coefficient (Wildman–Crippen LogP) is 3.20. The minimum Gasteiger partial charge on any atom is -0.384 e. The zero-order valence-corrected chi connectivity index (χ0v) is 10.1. The number of ether oxygens (including phenoxy) is 1. The molecule has 0 saturated heterocycles. The molecule has 0 aromatic rings. The lowest BCUT2D eigenvalue weighted by Crippen LogP contribution is -2.30. The van der Waals surface area contributed by atoms with Crippen LogP contribution in [0.3, 0.4) is 0 Å². The van der Waals surface area contributed by atoms with Crippen molar-refractivity contribution >= 4 is 5.78 Å². The van der Waals surface area contributed by atoms with Crippen LogP contribution in [0, 0.1) is 11.8 Å². The molecule has 1 aliphatic carbocycles. The van der Waals surface area contributed by atoms with E-state index >= 15 is 0 Å². The van der Waals surface area contributed by atoms with Crippen molar-refractivity contribution in [3.63, 3.8) is 0 Å². The fourth-order valence-corrected chi connectivity index (χ4v) is 2.58. The highest BCUT2D eigenvalue weighted by Crippen LogP contribution is 2.31. The van der Waals surface area contributed by atoms with Gasteiger partial charge in [0.25, 0.3) is 0 Å². The summed E-state index contributed by atoms with van der Waals surface area (Å²) >= 11 is 0. The molecule has 0 radical (unpaired) electrons. The normalized spacial score (nSPS) is 26.5. The van der Waals surface area contributed by atoms with Gasteiger partial charge in [-0.3, -0.25) is 4.79 Å². The Balaban J connectivity index is 2.43. The van der Waals surface area contributed by atoms with Gasteiger partial charge in [-0.05, 0) is 25.2 Å². The molecule has 88 valence electrons. The summed E-state index contributed by atoms with van der Waals surface area (Å²) < 4.78 is 5.21. The second-order valence-corrected chi connectivity index (χ2v) is 4.68. The van der Waals surface area contributed by atoms with Crippen molar-refractivity contribution in [2.45, 2.75) is 51.9 Å². The molecular weight excluding hydrogens is 188 g/mol. The van der Waals surface area contributed by atoms with Gasteiger partial charge in [0.1, 0.15) is 5.78 Å². The van der Waals surface area contributed by atoms with Crippen molar-refractivity contribution in [1.82, 2.24) is 0 Å². The number of hydrogen-bond donors (Lipinski definition) is 0. The third-order valence-corrected chi connectivity index (χ3v) is 3.48. The van der Waals surface area contributed by atoms with E-state index in [1.54, 1.807) is 7.11 Å². The lowest BCUT2D eigenvalue weighted by molar-refractivity contribution is -0.126.